The summed E-state index contributed by atoms with van der Waals surface area (Å²) in [5.74, 6) is 0.728. The van der Waals surface area contributed by atoms with Crippen LogP contribution in [0.1, 0.15) is 6.92 Å². The molecule has 1 aromatic carbocycles. The molecule has 21 heavy (non-hydrogen) atoms. The monoisotopic (exact) mass is 280 g/mol. The van der Waals surface area contributed by atoms with E-state index in [0.717, 1.165) is 16.8 Å². The summed E-state index contributed by atoms with van der Waals surface area (Å²) in [7, 11) is 0. The van der Waals surface area contributed by atoms with Crippen molar-refractivity contribution in [2.45, 2.75) is 6.92 Å². The minimum Gasteiger partial charge on any atom is -0.416 e. The van der Waals surface area contributed by atoms with E-state index >= 15 is 0 Å². The highest BCUT2D eigenvalue weighted by molar-refractivity contribution is 5.88. The highest BCUT2D eigenvalue weighted by Gasteiger charge is 2.10. The molecule has 0 fully saturated rings. The lowest BCUT2D eigenvalue weighted by atomic mass is 10.2. The van der Waals surface area contributed by atoms with Gasteiger partial charge in [0.1, 0.15) is 0 Å². The van der Waals surface area contributed by atoms with Crippen molar-refractivity contribution in [3.05, 3.63) is 48.8 Å². The van der Waals surface area contributed by atoms with Crippen LogP contribution in [0.25, 0.3) is 22.9 Å². The summed E-state index contributed by atoms with van der Waals surface area (Å²) in [4.78, 5) is 15.0. The molecule has 0 bridgehead atoms. The Morgan fingerprint density at radius 1 is 1.05 bits per heavy atom. The van der Waals surface area contributed by atoms with Crippen molar-refractivity contribution in [3.8, 4) is 22.9 Å². The maximum atomic E-state index is 11.0. The molecule has 1 amide bonds. The molecule has 0 unspecified atom stereocenters. The Morgan fingerprint density at radius 3 is 2.38 bits per heavy atom. The molecule has 6 heteroatoms. The van der Waals surface area contributed by atoms with Crippen LogP contribution in [0.3, 0.4) is 0 Å². The lowest BCUT2D eigenvalue weighted by molar-refractivity contribution is -0.114. The number of pyridine rings is 1. The Morgan fingerprint density at radius 2 is 1.76 bits per heavy atom. The summed E-state index contributed by atoms with van der Waals surface area (Å²) in [6.45, 7) is 1.46. The van der Waals surface area contributed by atoms with Gasteiger partial charge in [-0.1, -0.05) is 0 Å². The maximum absolute atomic E-state index is 11.0. The zero-order valence-electron chi connectivity index (χ0n) is 11.3. The topological polar surface area (TPSA) is 80.9 Å². The number of anilines is 1. The smallest absolute Gasteiger partial charge is 0.249 e. The Balaban J connectivity index is 1.85. The first-order valence-corrected chi connectivity index (χ1v) is 6.34. The predicted molar refractivity (Wildman–Crippen MR) is 77.3 cm³/mol. The van der Waals surface area contributed by atoms with Crippen molar-refractivity contribution >= 4 is 11.6 Å². The second kappa shape index (κ2) is 5.54. The fourth-order valence-corrected chi connectivity index (χ4v) is 1.85. The molecule has 0 saturated carbocycles. The SMILES string of the molecule is CC(=O)Nc1ccc(-c2nnc(-c3cccnc3)o2)cc1. The second-order valence-corrected chi connectivity index (χ2v) is 4.41. The van der Waals surface area contributed by atoms with Gasteiger partial charge < -0.3 is 9.73 Å². The molecular formula is C15H12N4O2. The van der Waals surface area contributed by atoms with Crippen LogP contribution in [0, 0.1) is 0 Å². The van der Waals surface area contributed by atoms with Crippen molar-refractivity contribution in [1.82, 2.24) is 15.2 Å². The van der Waals surface area contributed by atoms with Gasteiger partial charge in [-0.3, -0.25) is 9.78 Å². The number of rotatable bonds is 3. The summed E-state index contributed by atoms with van der Waals surface area (Å²) in [6, 6.07) is 10.8. The van der Waals surface area contributed by atoms with Crippen LogP contribution in [0.2, 0.25) is 0 Å². The molecule has 0 atom stereocenters. The van der Waals surface area contributed by atoms with Crippen LogP contribution in [-0.2, 0) is 4.79 Å². The van der Waals surface area contributed by atoms with Gasteiger partial charge in [0.15, 0.2) is 0 Å². The molecule has 0 radical (unpaired) electrons. The molecule has 0 aliphatic heterocycles. The number of carbonyl (C=O) groups is 1. The van der Waals surface area contributed by atoms with E-state index in [-0.39, 0.29) is 5.91 Å². The normalized spacial score (nSPS) is 10.3. The van der Waals surface area contributed by atoms with Crippen LogP contribution in [0.4, 0.5) is 5.69 Å². The van der Waals surface area contributed by atoms with Gasteiger partial charge in [-0.2, -0.15) is 0 Å². The van der Waals surface area contributed by atoms with Crippen molar-refractivity contribution in [1.29, 1.82) is 0 Å². The molecule has 0 spiro atoms. The molecular weight excluding hydrogens is 268 g/mol. The average Bonchev–Trinajstić information content (AvgIpc) is 2.98. The molecule has 3 rings (SSSR count). The summed E-state index contributed by atoms with van der Waals surface area (Å²) >= 11 is 0. The molecule has 2 heterocycles. The van der Waals surface area contributed by atoms with Crippen molar-refractivity contribution in [2.75, 3.05) is 5.32 Å². The molecule has 6 nitrogen and oxygen atoms in total. The van der Waals surface area contributed by atoms with E-state index < -0.39 is 0 Å². The third-order valence-electron chi connectivity index (χ3n) is 2.79. The third-order valence-corrected chi connectivity index (χ3v) is 2.79. The Bertz CT molecular complexity index is 751. The number of nitrogens with one attached hydrogen (secondary N) is 1. The first-order chi connectivity index (χ1) is 10.2. The Hall–Kier alpha value is -3.02. The highest BCUT2D eigenvalue weighted by Crippen LogP contribution is 2.24. The Labute approximate surface area is 120 Å². The highest BCUT2D eigenvalue weighted by atomic mass is 16.4. The summed E-state index contributed by atoms with van der Waals surface area (Å²) < 4.78 is 5.63. The summed E-state index contributed by atoms with van der Waals surface area (Å²) in [5, 5.41) is 10.7. The molecule has 0 aliphatic carbocycles. The minimum absolute atomic E-state index is 0.112. The van der Waals surface area contributed by atoms with Crippen molar-refractivity contribution in [2.24, 2.45) is 0 Å². The third kappa shape index (κ3) is 2.94. The second-order valence-electron chi connectivity index (χ2n) is 4.41. The van der Waals surface area contributed by atoms with Gasteiger partial charge in [-0.15, -0.1) is 10.2 Å². The molecule has 3 aromatic rings. The van der Waals surface area contributed by atoms with Gasteiger partial charge >= 0.3 is 0 Å². The van der Waals surface area contributed by atoms with Crippen molar-refractivity contribution < 1.29 is 9.21 Å². The van der Waals surface area contributed by atoms with E-state index in [1.807, 2.05) is 18.2 Å². The number of aromatic nitrogens is 3. The first kappa shape index (κ1) is 13.0. The van der Waals surface area contributed by atoms with Gasteiger partial charge in [0, 0.05) is 30.6 Å². The number of carbonyl (C=O) groups excluding carboxylic acids is 1. The first-order valence-electron chi connectivity index (χ1n) is 6.34. The molecule has 0 aliphatic rings. The van der Waals surface area contributed by atoms with Gasteiger partial charge in [0.25, 0.3) is 0 Å². The van der Waals surface area contributed by atoms with Gasteiger partial charge in [-0.25, -0.2) is 0 Å². The summed E-state index contributed by atoms with van der Waals surface area (Å²) in [6.07, 6.45) is 3.35. The fourth-order valence-electron chi connectivity index (χ4n) is 1.85. The minimum atomic E-state index is -0.112. The quantitative estimate of drug-likeness (QED) is 0.797. The standard InChI is InChI=1S/C15H12N4O2/c1-10(20)17-13-6-4-11(5-7-13)14-18-19-15(21-14)12-3-2-8-16-9-12/h2-9H,1H3,(H,17,20). The van der Waals surface area contributed by atoms with Gasteiger partial charge in [0.05, 0.1) is 5.56 Å². The van der Waals surface area contributed by atoms with Crippen LogP contribution in [0.15, 0.2) is 53.2 Å². The van der Waals surface area contributed by atoms with Crippen molar-refractivity contribution in [3.63, 3.8) is 0 Å². The number of benzene rings is 1. The zero-order chi connectivity index (χ0) is 14.7. The number of amides is 1. The van der Waals surface area contributed by atoms with Crippen LogP contribution in [-0.4, -0.2) is 21.1 Å². The van der Waals surface area contributed by atoms with E-state index in [0.29, 0.717) is 11.8 Å². The number of hydrogen-bond donors (Lipinski definition) is 1. The predicted octanol–water partition coefficient (Wildman–Crippen LogP) is 2.76. The molecule has 1 N–H and O–H groups in total. The van der Waals surface area contributed by atoms with E-state index in [1.165, 1.54) is 6.92 Å². The zero-order valence-corrected chi connectivity index (χ0v) is 11.3. The van der Waals surface area contributed by atoms with Gasteiger partial charge in [-0.05, 0) is 36.4 Å². The number of nitrogens with zero attached hydrogens (tertiary/aromatic N) is 3. The largest absolute Gasteiger partial charge is 0.416 e. The lowest BCUT2D eigenvalue weighted by Crippen LogP contribution is -2.05. The van der Waals surface area contributed by atoms with Crippen LogP contribution < -0.4 is 5.32 Å². The van der Waals surface area contributed by atoms with E-state index in [2.05, 4.69) is 20.5 Å². The maximum Gasteiger partial charge on any atom is 0.249 e. The van der Waals surface area contributed by atoms with Crippen LogP contribution >= 0.6 is 0 Å². The molecule has 0 saturated heterocycles. The van der Waals surface area contributed by atoms with E-state index in [9.17, 15) is 4.79 Å². The van der Waals surface area contributed by atoms with Gasteiger partial charge in [0.2, 0.25) is 17.7 Å². The van der Waals surface area contributed by atoms with Crippen LogP contribution in [0.5, 0.6) is 0 Å². The van der Waals surface area contributed by atoms with E-state index in [1.54, 1.807) is 30.6 Å². The summed E-state index contributed by atoms with van der Waals surface area (Å²) in [5.41, 5.74) is 2.27. The lowest BCUT2D eigenvalue weighted by Gasteiger charge is -2.01. The average molecular weight is 280 g/mol. The number of hydrogen-bond acceptors (Lipinski definition) is 5. The Kier molecular flexibility index (Phi) is 3.42. The fraction of sp³-hybridized carbons (Fsp3) is 0.0667. The molecule has 104 valence electrons. The molecule has 2 aromatic heterocycles. The van der Waals surface area contributed by atoms with E-state index in [4.69, 9.17) is 4.42 Å².